The standard InChI is InChI=1S/C10H13N3O2/c14-10(8-4-12-7-13-5-8)3-9-6-11-1-2-15-9/h4-5,7,9,11H,1-3,6H2. The smallest absolute Gasteiger partial charge is 0.168 e. The van der Waals surface area contributed by atoms with Crippen LogP contribution in [0.2, 0.25) is 0 Å². The summed E-state index contributed by atoms with van der Waals surface area (Å²) in [4.78, 5) is 19.3. The number of hydrogen-bond acceptors (Lipinski definition) is 5. The van der Waals surface area contributed by atoms with Crippen LogP contribution in [-0.2, 0) is 4.74 Å². The first-order valence-electron chi connectivity index (χ1n) is 4.97. The Morgan fingerprint density at radius 3 is 3.00 bits per heavy atom. The number of ether oxygens (including phenoxy) is 1. The van der Waals surface area contributed by atoms with E-state index in [0.717, 1.165) is 13.1 Å². The van der Waals surface area contributed by atoms with Crippen LogP contribution < -0.4 is 5.32 Å². The number of carbonyl (C=O) groups is 1. The van der Waals surface area contributed by atoms with Gasteiger partial charge in [0.1, 0.15) is 6.33 Å². The highest BCUT2D eigenvalue weighted by molar-refractivity contribution is 5.95. The number of nitrogens with one attached hydrogen (secondary N) is 1. The van der Waals surface area contributed by atoms with Crippen molar-refractivity contribution in [1.29, 1.82) is 0 Å². The number of rotatable bonds is 3. The Morgan fingerprint density at radius 1 is 1.53 bits per heavy atom. The molecule has 1 N–H and O–H groups in total. The summed E-state index contributed by atoms with van der Waals surface area (Å²) >= 11 is 0. The van der Waals surface area contributed by atoms with E-state index < -0.39 is 0 Å². The van der Waals surface area contributed by atoms with Gasteiger partial charge in [0, 0.05) is 31.9 Å². The third kappa shape index (κ3) is 2.81. The lowest BCUT2D eigenvalue weighted by molar-refractivity contribution is 0.0240. The first-order valence-corrected chi connectivity index (χ1v) is 4.97. The molecule has 0 aromatic carbocycles. The summed E-state index contributed by atoms with van der Waals surface area (Å²) < 4.78 is 5.45. The molecule has 5 nitrogen and oxygen atoms in total. The van der Waals surface area contributed by atoms with Crippen molar-refractivity contribution in [3.8, 4) is 0 Å². The van der Waals surface area contributed by atoms with Crippen molar-refractivity contribution in [2.45, 2.75) is 12.5 Å². The molecule has 80 valence electrons. The largest absolute Gasteiger partial charge is 0.375 e. The van der Waals surface area contributed by atoms with E-state index in [1.807, 2.05) is 0 Å². The first kappa shape index (κ1) is 10.2. The van der Waals surface area contributed by atoms with Gasteiger partial charge in [0.2, 0.25) is 0 Å². The molecule has 0 radical (unpaired) electrons. The minimum absolute atomic E-state index is 0.0218. The summed E-state index contributed by atoms with van der Waals surface area (Å²) in [6.45, 7) is 2.27. The molecule has 5 heteroatoms. The zero-order valence-corrected chi connectivity index (χ0v) is 8.35. The lowest BCUT2D eigenvalue weighted by Crippen LogP contribution is -2.39. The second-order valence-electron chi connectivity index (χ2n) is 3.45. The van der Waals surface area contributed by atoms with E-state index in [-0.39, 0.29) is 11.9 Å². The van der Waals surface area contributed by atoms with Crippen molar-refractivity contribution in [3.05, 3.63) is 24.3 Å². The summed E-state index contributed by atoms with van der Waals surface area (Å²) in [7, 11) is 0. The monoisotopic (exact) mass is 207 g/mol. The van der Waals surface area contributed by atoms with E-state index in [4.69, 9.17) is 4.74 Å². The molecule has 2 rings (SSSR count). The predicted octanol–water partition coefficient (Wildman–Crippen LogP) is 0.0378. The molecule has 1 unspecified atom stereocenters. The van der Waals surface area contributed by atoms with Crippen LogP contribution in [0.1, 0.15) is 16.8 Å². The second-order valence-corrected chi connectivity index (χ2v) is 3.45. The molecule has 2 heterocycles. The quantitative estimate of drug-likeness (QED) is 0.709. The zero-order chi connectivity index (χ0) is 10.5. The fourth-order valence-corrected chi connectivity index (χ4v) is 1.52. The molecule has 1 saturated heterocycles. The number of morpholine rings is 1. The SMILES string of the molecule is O=C(CC1CNCCO1)c1cncnc1. The molecule has 0 aliphatic carbocycles. The maximum Gasteiger partial charge on any atom is 0.168 e. The van der Waals surface area contributed by atoms with Crippen LogP contribution >= 0.6 is 0 Å². The van der Waals surface area contributed by atoms with Crippen molar-refractivity contribution in [2.24, 2.45) is 0 Å². The Hall–Kier alpha value is -1.33. The minimum Gasteiger partial charge on any atom is -0.375 e. The van der Waals surface area contributed by atoms with E-state index in [2.05, 4.69) is 15.3 Å². The van der Waals surface area contributed by atoms with Gasteiger partial charge in [-0.15, -0.1) is 0 Å². The molecule has 1 aromatic heterocycles. The average Bonchev–Trinajstić information content (AvgIpc) is 2.31. The van der Waals surface area contributed by atoms with Crippen LogP contribution in [0.25, 0.3) is 0 Å². The maximum absolute atomic E-state index is 11.7. The molecule has 15 heavy (non-hydrogen) atoms. The van der Waals surface area contributed by atoms with E-state index in [9.17, 15) is 4.79 Å². The number of hydrogen-bond donors (Lipinski definition) is 1. The Morgan fingerprint density at radius 2 is 2.33 bits per heavy atom. The van der Waals surface area contributed by atoms with Gasteiger partial charge in [0.05, 0.1) is 18.3 Å². The lowest BCUT2D eigenvalue weighted by Gasteiger charge is -2.22. The van der Waals surface area contributed by atoms with Gasteiger partial charge in [-0.2, -0.15) is 0 Å². The highest BCUT2D eigenvalue weighted by Crippen LogP contribution is 2.07. The molecule has 1 fully saturated rings. The van der Waals surface area contributed by atoms with Gasteiger partial charge in [-0.1, -0.05) is 0 Å². The fourth-order valence-electron chi connectivity index (χ4n) is 1.52. The predicted molar refractivity (Wildman–Crippen MR) is 53.6 cm³/mol. The Balaban J connectivity index is 1.91. The third-order valence-electron chi connectivity index (χ3n) is 2.30. The molecule has 1 aliphatic heterocycles. The molecular weight excluding hydrogens is 194 g/mol. The molecule has 0 saturated carbocycles. The number of Topliss-reactive ketones (excluding diaryl/α,β-unsaturated/α-hetero) is 1. The maximum atomic E-state index is 11.7. The van der Waals surface area contributed by atoms with Crippen molar-refractivity contribution >= 4 is 5.78 Å². The summed E-state index contributed by atoms with van der Waals surface area (Å²) in [5.41, 5.74) is 0.548. The highest BCUT2D eigenvalue weighted by Gasteiger charge is 2.18. The van der Waals surface area contributed by atoms with Gasteiger partial charge in [0.15, 0.2) is 5.78 Å². The van der Waals surface area contributed by atoms with Gasteiger partial charge >= 0.3 is 0 Å². The molecular formula is C10H13N3O2. The molecule has 0 spiro atoms. The minimum atomic E-state index is -0.0218. The zero-order valence-electron chi connectivity index (χ0n) is 8.35. The Labute approximate surface area is 87.9 Å². The van der Waals surface area contributed by atoms with Crippen LogP contribution in [0.4, 0.5) is 0 Å². The van der Waals surface area contributed by atoms with Gasteiger partial charge in [0.25, 0.3) is 0 Å². The number of aromatic nitrogens is 2. The summed E-state index contributed by atoms with van der Waals surface area (Å²) in [5, 5.41) is 3.18. The molecule has 1 aliphatic rings. The Bertz CT molecular complexity index is 323. The number of nitrogens with zero attached hydrogens (tertiary/aromatic N) is 2. The van der Waals surface area contributed by atoms with Gasteiger partial charge in [-0.3, -0.25) is 4.79 Å². The summed E-state index contributed by atoms with van der Waals surface area (Å²) in [6.07, 6.45) is 4.85. The highest BCUT2D eigenvalue weighted by atomic mass is 16.5. The molecule has 1 atom stereocenters. The van der Waals surface area contributed by atoms with E-state index in [0.29, 0.717) is 18.6 Å². The number of carbonyl (C=O) groups excluding carboxylic acids is 1. The molecule has 1 aromatic rings. The van der Waals surface area contributed by atoms with Crippen molar-refractivity contribution in [3.63, 3.8) is 0 Å². The van der Waals surface area contributed by atoms with Crippen molar-refractivity contribution in [1.82, 2.24) is 15.3 Å². The van der Waals surface area contributed by atoms with E-state index in [1.165, 1.54) is 18.7 Å². The average molecular weight is 207 g/mol. The fraction of sp³-hybridized carbons (Fsp3) is 0.500. The van der Waals surface area contributed by atoms with Crippen LogP contribution in [0.3, 0.4) is 0 Å². The van der Waals surface area contributed by atoms with E-state index in [1.54, 1.807) is 0 Å². The second kappa shape index (κ2) is 4.95. The third-order valence-corrected chi connectivity index (χ3v) is 2.30. The molecule has 0 amide bonds. The van der Waals surface area contributed by atoms with Gasteiger partial charge in [-0.05, 0) is 0 Å². The summed E-state index contributed by atoms with van der Waals surface area (Å²) in [6, 6.07) is 0. The van der Waals surface area contributed by atoms with Crippen molar-refractivity contribution in [2.75, 3.05) is 19.7 Å². The lowest BCUT2D eigenvalue weighted by atomic mass is 10.1. The number of ketones is 1. The van der Waals surface area contributed by atoms with Crippen LogP contribution in [0, 0.1) is 0 Å². The van der Waals surface area contributed by atoms with Gasteiger partial charge < -0.3 is 10.1 Å². The van der Waals surface area contributed by atoms with Crippen molar-refractivity contribution < 1.29 is 9.53 Å². The van der Waals surface area contributed by atoms with E-state index >= 15 is 0 Å². The summed E-state index contributed by atoms with van der Waals surface area (Å²) in [5.74, 6) is 0.0318. The van der Waals surface area contributed by atoms with Crippen LogP contribution in [0.5, 0.6) is 0 Å². The normalized spacial score (nSPS) is 21.2. The van der Waals surface area contributed by atoms with Crippen LogP contribution in [-0.4, -0.2) is 41.6 Å². The topological polar surface area (TPSA) is 64.1 Å². The van der Waals surface area contributed by atoms with Gasteiger partial charge in [-0.25, -0.2) is 9.97 Å². The molecule has 0 bridgehead atoms. The Kier molecular flexibility index (Phi) is 3.37. The van der Waals surface area contributed by atoms with Crippen LogP contribution in [0.15, 0.2) is 18.7 Å². The first-order chi connectivity index (χ1) is 7.36.